The molecular weight excluding hydrogens is 310 g/mol. The van der Waals surface area contributed by atoms with Gasteiger partial charge in [-0.1, -0.05) is 0 Å². The van der Waals surface area contributed by atoms with Crippen LogP contribution in [0.2, 0.25) is 0 Å². The number of hydrogen-bond donors (Lipinski definition) is 1. The molecular formula is C14H13N9O. The second-order valence-corrected chi connectivity index (χ2v) is 5.48. The third-order valence-electron chi connectivity index (χ3n) is 4.01. The zero-order valence-electron chi connectivity index (χ0n) is 12.6. The molecule has 0 saturated heterocycles. The van der Waals surface area contributed by atoms with Crippen LogP contribution < -0.4 is 10.6 Å². The minimum absolute atomic E-state index is 0.278. The molecule has 4 aromatic rings. The highest BCUT2D eigenvalue weighted by Crippen LogP contribution is 2.23. The molecule has 10 nitrogen and oxygen atoms in total. The lowest BCUT2D eigenvalue weighted by molar-refractivity contribution is 0.510. The van der Waals surface area contributed by atoms with Gasteiger partial charge in [-0.05, 0) is 12.1 Å². The molecule has 0 radical (unpaired) electrons. The van der Waals surface area contributed by atoms with Crippen molar-refractivity contribution in [2.24, 2.45) is 0 Å². The van der Waals surface area contributed by atoms with Crippen LogP contribution in [-0.2, 0) is 13.1 Å². The fourth-order valence-corrected chi connectivity index (χ4v) is 2.83. The van der Waals surface area contributed by atoms with Crippen LogP contribution in [0.5, 0.6) is 0 Å². The Morgan fingerprint density at radius 3 is 3.04 bits per heavy atom. The lowest BCUT2D eigenvalue weighted by Crippen LogP contribution is -2.35. The number of rotatable bonds is 2. The molecule has 0 unspecified atom stereocenters. The van der Waals surface area contributed by atoms with Crippen molar-refractivity contribution in [2.45, 2.75) is 13.1 Å². The molecule has 0 spiro atoms. The Kier molecular flexibility index (Phi) is 2.60. The van der Waals surface area contributed by atoms with E-state index in [0.717, 1.165) is 24.7 Å². The molecule has 1 aliphatic heterocycles. The normalized spacial score (nSPS) is 14.2. The predicted molar refractivity (Wildman–Crippen MR) is 84.0 cm³/mol. The molecule has 0 saturated carbocycles. The first-order valence-electron chi connectivity index (χ1n) is 7.47. The molecule has 1 aliphatic rings. The van der Waals surface area contributed by atoms with E-state index in [9.17, 15) is 0 Å². The number of nitrogens with zero attached hydrogens (tertiary/aromatic N) is 8. The summed E-state index contributed by atoms with van der Waals surface area (Å²) in [5.74, 6) is 2.99. The first-order valence-corrected chi connectivity index (χ1v) is 7.47. The monoisotopic (exact) mass is 323 g/mol. The minimum atomic E-state index is 0.278. The van der Waals surface area contributed by atoms with E-state index in [1.165, 1.54) is 4.52 Å². The van der Waals surface area contributed by atoms with Gasteiger partial charge in [-0.25, -0.2) is 14.6 Å². The van der Waals surface area contributed by atoms with Crippen molar-refractivity contribution in [1.82, 2.24) is 34.3 Å². The Balaban J connectivity index is 1.56. The molecule has 0 atom stereocenters. The van der Waals surface area contributed by atoms with Gasteiger partial charge in [0.2, 0.25) is 11.8 Å². The number of anilines is 2. The van der Waals surface area contributed by atoms with Crippen LogP contribution in [0.1, 0.15) is 5.82 Å². The predicted octanol–water partition coefficient (Wildman–Crippen LogP) is 0.578. The van der Waals surface area contributed by atoms with Crippen molar-refractivity contribution in [3.05, 3.63) is 36.6 Å². The van der Waals surface area contributed by atoms with Gasteiger partial charge in [0.25, 0.3) is 0 Å². The van der Waals surface area contributed by atoms with Gasteiger partial charge >= 0.3 is 0 Å². The van der Waals surface area contributed by atoms with Crippen molar-refractivity contribution in [2.75, 3.05) is 17.2 Å². The SMILES string of the molecule is Nc1nc(N2CCn3ncnc3C2)cc2nc(-c3ccco3)nn12. The summed E-state index contributed by atoms with van der Waals surface area (Å²) in [6.07, 6.45) is 3.15. The van der Waals surface area contributed by atoms with Gasteiger partial charge in [-0.15, -0.1) is 5.10 Å². The molecule has 10 heteroatoms. The van der Waals surface area contributed by atoms with Gasteiger partial charge in [-0.3, -0.25) is 0 Å². The quantitative estimate of drug-likeness (QED) is 0.569. The third-order valence-corrected chi connectivity index (χ3v) is 4.01. The molecule has 0 aromatic carbocycles. The zero-order valence-corrected chi connectivity index (χ0v) is 12.6. The van der Waals surface area contributed by atoms with E-state index in [1.54, 1.807) is 24.7 Å². The van der Waals surface area contributed by atoms with Crippen LogP contribution >= 0.6 is 0 Å². The van der Waals surface area contributed by atoms with Gasteiger partial charge in [0.15, 0.2) is 11.4 Å². The van der Waals surface area contributed by atoms with Gasteiger partial charge in [0.1, 0.15) is 18.0 Å². The average Bonchev–Trinajstić information content (AvgIpc) is 3.32. The molecule has 4 aromatic heterocycles. The van der Waals surface area contributed by atoms with E-state index in [0.29, 0.717) is 23.8 Å². The first kappa shape index (κ1) is 13.0. The Morgan fingerprint density at radius 2 is 2.17 bits per heavy atom. The number of nitrogens with two attached hydrogens (primary N) is 1. The smallest absolute Gasteiger partial charge is 0.225 e. The highest BCUT2D eigenvalue weighted by atomic mass is 16.3. The van der Waals surface area contributed by atoms with Gasteiger partial charge < -0.3 is 15.1 Å². The van der Waals surface area contributed by atoms with Crippen LogP contribution in [0, 0.1) is 0 Å². The van der Waals surface area contributed by atoms with Crippen LogP contribution in [0.4, 0.5) is 11.8 Å². The maximum Gasteiger partial charge on any atom is 0.225 e. The van der Waals surface area contributed by atoms with E-state index in [4.69, 9.17) is 10.2 Å². The minimum Gasteiger partial charge on any atom is -0.461 e. The summed E-state index contributed by atoms with van der Waals surface area (Å²) in [6, 6.07) is 5.45. The van der Waals surface area contributed by atoms with Gasteiger partial charge in [0, 0.05) is 12.6 Å². The molecule has 5 heterocycles. The number of nitrogen functional groups attached to an aromatic ring is 1. The van der Waals surface area contributed by atoms with E-state index in [2.05, 4.69) is 30.0 Å². The average molecular weight is 323 g/mol. The second kappa shape index (κ2) is 4.78. The first-order chi connectivity index (χ1) is 11.8. The fraction of sp³-hybridized carbons (Fsp3) is 0.214. The van der Waals surface area contributed by atoms with Crippen molar-refractivity contribution in [3.8, 4) is 11.6 Å². The standard InChI is InChI=1S/C14H13N9O/c15-14-19-10(21-3-4-22-12(7-21)16-8-17-22)6-11-18-13(20-23(11)14)9-2-1-5-24-9/h1-2,5-6,8H,3-4,7H2,(H2,15,19). The maximum atomic E-state index is 6.06. The Bertz CT molecular complexity index is 1020. The van der Waals surface area contributed by atoms with Crippen LogP contribution in [0.25, 0.3) is 17.2 Å². The zero-order chi connectivity index (χ0) is 16.1. The summed E-state index contributed by atoms with van der Waals surface area (Å²) in [5.41, 5.74) is 6.69. The fourth-order valence-electron chi connectivity index (χ4n) is 2.83. The number of hydrogen-bond acceptors (Lipinski definition) is 8. The second-order valence-electron chi connectivity index (χ2n) is 5.48. The molecule has 24 heavy (non-hydrogen) atoms. The largest absolute Gasteiger partial charge is 0.461 e. The van der Waals surface area contributed by atoms with Crippen LogP contribution in [-0.4, -0.2) is 40.9 Å². The van der Waals surface area contributed by atoms with E-state index >= 15 is 0 Å². The van der Waals surface area contributed by atoms with Gasteiger partial charge in [-0.2, -0.15) is 14.6 Å². The van der Waals surface area contributed by atoms with Crippen molar-refractivity contribution in [3.63, 3.8) is 0 Å². The molecule has 0 fully saturated rings. The third kappa shape index (κ3) is 1.93. The summed E-state index contributed by atoms with van der Waals surface area (Å²) in [5, 5.41) is 8.53. The molecule has 120 valence electrons. The van der Waals surface area contributed by atoms with Crippen molar-refractivity contribution >= 4 is 17.4 Å². The summed E-state index contributed by atoms with van der Waals surface area (Å²) in [6.45, 7) is 2.16. The van der Waals surface area contributed by atoms with Crippen molar-refractivity contribution < 1.29 is 4.42 Å². The van der Waals surface area contributed by atoms with Crippen LogP contribution in [0.15, 0.2) is 35.2 Å². The Hall–Kier alpha value is -3.43. The van der Waals surface area contributed by atoms with Crippen molar-refractivity contribution in [1.29, 1.82) is 0 Å². The van der Waals surface area contributed by atoms with E-state index in [1.807, 2.05) is 10.7 Å². The number of aromatic nitrogens is 7. The van der Waals surface area contributed by atoms with E-state index < -0.39 is 0 Å². The number of furan rings is 1. The molecule has 5 rings (SSSR count). The summed E-state index contributed by atoms with van der Waals surface area (Å²) in [4.78, 5) is 15.3. The summed E-state index contributed by atoms with van der Waals surface area (Å²) < 4.78 is 8.74. The van der Waals surface area contributed by atoms with E-state index in [-0.39, 0.29) is 5.95 Å². The van der Waals surface area contributed by atoms with Crippen LogP contribution in [0.3, 0.4) is 0 Å². The highest BCUT2D eigenvalue weighted by Gasteiger charge is 2.21. The molecule has 0 amide bonds. The lowest BCUT2D eigenvalue weighted by Gasteiger charge is -2.27. The Morgan fingerprint density at radius 1 is 1.21 bits per heavy atom. The topological polar surface area (TPSA) is 116 Å². The highest BCUT2D eigenvalue weighted by molar-refractivity contribution is 5.59. The molecule has 0 bridgehead atoms. The number of fused-ring (bicyclic) bond motifs is 2. The summed E-state index contributed by atoms with van der Waals surface area (Å²) >= 11 is 0. The van der Waals surface area contributed by atoms with Gasteiger partial charge in [0.05, 0.1) is 19.4 Å². The molecule has 2 N–H and O–H groups in total. The maximum absolute atomic E-state index is 6.06. The summed E-state index contributed by atoms with van der Waals surface area (Å²) in [7, 11) is 0. The lowest BCUT2D eigenvalue weighted by atomic mass is 10.3. The Labute approximate surface area is 135 Å². The molecule has 0 aliphatic carbocycles.